The second-order valence-corrected chi connectivity index (χ2v) is 9.70. The van der Waals surface area contributed by atoms with Crippen LogP contribution in [0, 0.1) is 12.8 Å². The predicted octanol–water partition coefficient (Wildman–Crippen LogP) is 4.35. The summed E-state index contributed by atoms with van der Waals surface area (Å²) >= 11 is 11.9. The zero-order valence-corrected chi connectivity index (χ0v) is 18.4. The summed E-state index contributed by atoms with van der Waals surface area (Å²) in [6, 6.07) is 9.51. The van der Waals surface area contributed by atoms with Crippen molar-refractivity contribution >= 4 is 44.8 Å². The van der Waals surface area contributed by atoms with Crippen LogP contribution >= 0.6 is 23.2 Å². The molecule has 1 heterocycles. The van der Waals surface area contributed by atoms with Gasteiger partial charge in [-0.1, -0.05) is 23.2 Å². The molecule has 0 bridgehead atoms. The first kappa shape index (κ1) is 21.9. The molecule has 156 valence electrons. The Balaban J connectivity index is 1.65. The molecule has 1 N–H and O–H groups in total. The van der Waals surface area contributed by atoms with Crippen LogP contribution in [0.3, 0.4) is 0 Å². The number of nitrogens with one attached hydrogen (secondary N) is 1. The second kappa shape index (κ2) is 8.92. The van der Waals surface area contributed by atoms with Crippen LogP contribution in [-0.4, -0.2) is 38.8 Å². The van der Waals surface area contributed by atoms with E-state index in [0.717, 1.165) is 5.56 Å². The van der Waals surface area contributed by atoms with Crippen LogP contribution < -0.4 is 10.1 Å². The van der Waals surface area contributed by atoms with Gasteiger partial charge in [-0.2, -0.15) is 4.31 Å². The highest BCUT2D eigenvalue weighted by Gasteiger charge is 2.32. The maximum absolute atomic E-state index is 12.8. The molecular formula is C20H22Cl2N2O4S. The lowest BCUT2D eigenvalue weighted by molar-refractivity contribution is -0.120. The zero-order chi connectivity index (χ0) is 21.2. The van der Waals surface area contributed by atoms with Crippen molar-refractivity contribution in [3.05, 3.63) is 52.0 Å². The van der Waals surface area contributed by atoms with Gasteiger partial charge in [-0.15, -0.1) is 0 Å². The lowest BCUT2D eigenvalue weighted by atomic mass is 9.97. The monoisotopic (exact) mass is 456 g/mol. The number of anilines is 1. The Morgan fingerprint density at radius 2 is 1.76 bits per heavy atom. The molecule has 0 unspecified atom stereocenters. The second-order valence-electron chi connectivity index (χ2n) is 6.92. The lowest BCUT2D eigenvalue weighted by Crippen LogP contribution is -2.41. The molecule has 29 heavy (non-hydrogen) atoms. The summed E-state index contributed by atoms with van der Waals surface area (Å²) in [4.78, 5) is 12.9. The molecule has 3 rings (SSSR count). The van der Waals surface area contributed by atoms with Crippen molar-refractivity contribution in [1.82, 2.24) is 4.31 Å². The fourth-order valence-electron chi connectivity index (χ4n) is 3.28. The number of rotatable bonds is 5. The molecule has 1 fully saturated rings. The fraction of sp³-hybridized carbons (Fsp3) is 0.350. The van der Waals surface area contributed by atoms with Crippen LogP contribution in [0.1, 0.15) is 18.4 Å². The molecule has 2 aromatic carbocycles. The Kier molecular flexibility index (Phi) is 6.73. The topological polar surface area (TPSA) is 75.7 Å². The number of hydrogen-bond donors (Lipinski definition) is 1. The van der Waals surface area contributed by atoms with Crippen molar-refractivity contribution in [2.24, 2.45) is 5.92 Å². The Labute approximate surface area is 180 Å². The highest BCUT2D eigenvalue weighted by atomic mass is 35.5. The van der Waals surface area contributed by atoms with Gasteiger partial charge in [0.1, 0.15) is 5.75 Å². The van der Waals surface area contributed by atoms with E-state index in [-0.39, 0.29) is 29.8 Å². The molecule has 0 aromatic heterocycles. The van der Waals surface area contributed by atoms with Gasteiger partial charge in [0.05, 0.1) is 17.7 Å². The number of carbonyl (C=O) groups is 1. The Hall–Kier alpha value is -1.80. The fourth-order valence-corrected chi connectivity index (χ4v) is 5.03. The summed E-state index contributed by atoms with van der Waals surface area (Å²) in [7, 11) is -2.09. The molecule has 1 aliphatic heterocycles. The smallest absolute Gasteiger partial charge is 0.243 e. The molecule has 9 heteroatoms. The molecule has 1 amide bonds. The number of amides is 1. The van der Waals surface area contributed by atoms with Gasteiger partial charge in [-0.25, -0.2) is 8.42 Å². The zero-order valence-electron chi connectivity index (χ0n) is 16.1. The molecule has 2 aromatic rings. The van der Waals surface area contributed by atoms with Gasteiger partial charge in [0.2, 0.25) is 15.9 Å². The van der Waals surface area contributed by atoms with Crippen LogP contribution in [0.25, 0.3) is 0 Å². The maximum atomic E-state index is 12.8. The Morgan fingerprint density at radius 1 is 1.14 bits per heavy atom. The van der Waals surface area contributed by atoms with Crippen molar-refractivity contribution < 1.29 is 17.9 Å². The molecular weight excluding hydrogens is 435 g/mol. The number of nitrogens with zero attached hydrogens (tertiary/aromatic N) is 1. The molecule has 0 atom stereocenters. The molecule has 0 aliphatic carbocycles. The van der Waals surface area contributed by atoms with Crippen LogP contribution in [0.4, 0.5) is 5.69 Å². The van der Waals surface area contributed by atoms with Gasteiger partial charge in [-0.05, 0) is 55.7 Å². The highest BCUT2D eigenvalue weighted by molar-refractivity contribution is 7.89. The summed E-state index contributed by atoms with van der Waals surface area (Å²) < 4.78 is 32.2. The maximum Gasteiger partial charge on any atom is 0.243 e. The third-order valence-corrected chi connectivity index (χ3v) is 7.59. The molecule has 1 saturated heterocycles. The van der Waals surface area contributed by atoms with E-state index in [9.17, 15) is 13.2 Å². The summed E-state index contributed by atoms with van der Waals surface area (Å²) in [5.41, 5.74) is 1.38. The van der Waals surface area contributed by atoms with Gasteiger partial charge < -0.3 is 10.1 Å². The number of hydrogen-bond acceptors (Lipinski definition) is 4. The third-order valence-electron chi connectivity index (χ3n) is 5.01. The number of halogens is 2. The molecule has 6 nitrogen and oxygen atoms in total. The summed E-state index contributed by atoms with van der Waals surface area (Å²) in [5, 5.41) is 3.92. The first-order chi connectivity index (χ1) is 13.7. The first-order valence-corrected chi connectivity index (χ1v) is 11.3. The van der Waals surface area contributed by atoms with E-state index in [2.05, 4.69) is 5.32 Å². The van der Waals surface area contributed by atoms with E-state index in [4.69, 9.17) is 27.9 Å². The average molecular weight is 457 g/mol. The number of sulfonamides is 1. The first-order valence-electron chi connectivity index (χ1n) is 9.13. The normalized spacial score (nSPS) is 15.9. The third kappa shape index (κ3) is 4.86. The number of aryl methyl sites for hydroxylation is 1. The number of benzene rings is 2. The van der Waals surface area contributed by atoms with Crippen LogP contribution in [0.15, 0.2) is 41.3 Å². The van der Waals surface area contributed by atoms with Crippen molar-refractivity contribution in [3.63, 3.8) is 0 Å². The minimum Gasteiger partial charge on any atom is -0.495 e. The van der Waals surface area contributed by atoms with E-state index < -0.39 is 10.0 Å². The predicted molar refractivity (Wildman–Crippen MR) is 114 cm³/mol. The Morgan fingerprint density at radius 3 is 2.34 bits per heavy atom. The number of ether oxygens (including phenoxy) is 1. The van der Waals surface area contributed by atoms with Gasteiger partial charge in [0, 0.05) is 35.1 Å². The van der Waals surface area contributed by atoms with Gasteiger partial charge >= 0.3 is 0 Å². The molecule has 0 spiro atoms. The van der Waals surface area contributed by atoms with Crippen LogP contribution in [0.2, 0.25) is 10.0 Å². The SMILES string of the molecule is COc1cc(Cl)c(C)cc1NC(=O)C1CCN(S(=O)(=O)c2ccc(Cl)cc2)CC1. The van der Waals surface area contributed by atoms with E-state index in [1.807, 2.05) is 6.92 Å². The largest absolute Gasteiger partial charge is 0.495 e. The minimum atomic E-state index is -3.60. The van der Waals surface area contributed by atoms with Crippen molar-refractivity contribution in [2.45, 2.75) is 24.7 Å². The highest BCUT2D eigenvalue weighted by Crippen LogP contribution is 2.32. The molecule has 0 radical (unpaired) electrons. The van der Waals surface area contributed by atoms with E-state index in [0.29, 0.717) is 34.3 Å². The van der Waals surface area contributed by atoms with Crippen LogP contribution in [-0.2, 0) is 14.8 Å². The number of carbonyl (C=O) groups excluding carboxylic acids is 1. The number of piperidine rings is 1. The number of methoxy groups -OCH3 is 1. The van der Waals surface area contributed by atoms with Crippen molar-refractivity contribution in [1.29, 1.82) is 0 Å². The quantitative estimate of drug-likeness (QED) is 0.725. The van der Waals surface area contributed by atoms with Gasteiger partial charge in [-0.3, -0.25) is 4.79 Å². The summed E-state index contributed by atoms with van der Waals surface area (Å²) in [5.74, 6) is 0.0395. The Bertz CT molecular complexity index is 1000. The summed E-state index contributed by atoms with van der Waals surface area (Å²) in [6.45, 7) is 2.40. The lowest BCUT2D eigenvalue weighted by Gasteiger charge is -2.30. The van der Waals surface area contributed by atoms with E-state index in [1.54, 1.807) is 24.3 Å². The summed E-state index contributed by atoms with van der Waals surface area (Å²) in [6.07, 6.45) is 0.876. The standard InChI is InChI=1S/C20H22Cl2N2O4S/c1-13-11-18(19(28-2)12-17(13)22)23-20(25)14-7-9-24(10-8-14)29(26,27)16-5-3-15(21)4-6-16/h3-6,11-12,14H,7-10H2,1-2H3,(H,23,25). The average Bonchev–Trinajstić information content (AvgIpc) is 2.71. The van der Waals surface area contributed by atoms with E-state index in [1.165, 1.54) is 23.5 Å². The van der Waals surface area contributed by atoms with E-state index >= 15 is 0 Å². The molecule has 0 saturated carbocycles. The van der Waals surface area contributed by atoms with Crippen molar-refractivity contribution in [2.75, 3.05) is 25.5 Å². The van der Waals surface area contributed by atoms with Gasteiger partial charge in [0.15, 0.2) is 0 Å². The van der Waals surface area contributed by atoms with Crippen molar-refractivity contribution in [3.8, 4) is 5.75 Å². The minimum absolute atomic E-state index is 0.159. The van der Waals surface area contributed by atoms with Gasteiger partial charge in [0.25, 0.3) is 0 Å². The molecule has 1 aliphatic rings. The van der Waals surface area contributed by atoms with Crippen LogP contribution in [0.5, 0.6) is 5.75 Å².